The highest BCUT2D eigenvalue weighted by Crippen LogP contribution is 1.91. The van der Waals surface area contributed by atoms with E-state index in [2.05, 4.69) is 45.8 Å². The van der Waals surface area contributed by atoms with Gasteiger partial charge in [0.2, 0.25) is 0 Å². The van der Waals surface area contributed by atoms with E-state index in [0.29, 0.717) is 20.9 Å². The molecule has 0 atom stereocenters. The molecule has 120 valence electrons. The fourth-order valence-electron chi connectivity index (χ4n) is 2.17. The molecule has 0 unspecified atom stereocenters. The van der Waals surface area contributed by atoms with Crippen molar-refractivity contribution in [1.82, 2.24) is 0 Å². The van der Waals surface area contributed by atoms with Gasteiger partial charge in [0.05, 0.1) is 11.1 Å². The lowest BCUT2D eigenvalue weighted by Crippen LogP contribution is -2.23. The lowest BCUT2D eigenvalue weighted by Gasteiger charge is -1.91. The molecule has 0 aromatic heterocycles. The van der Waals surface area contributed by atoms with Crippen LogP contribution >= 0.6 is 0 Å². The van der Waals surface area contributed by atoms with Gasteiger partial charge in [-0.3, -0.25) is 0 Å². The normalized spacial score (nSPS) is 10.2. The summed E-state index contributed by atoms with van der Waals surface area (Å²) in [5.74, 6) is -2.12. The Morgan fingerprint density at radius 2 is 0.923 bits per heavy atom. The topological polar surface area (TPSA) is 74.6 Å². The molecule has 0 radical (unpaired) electrons. The number of carboxylic acids is 2. The van der Waals surface area contributed by atoms with Crippen molar-refractivity contribution < 1.29 is 19.8 Å². The van der Waals surface area contributed by atoms with Crippen LogP contribution in [0.1, 0.15) is 20.7 Å². The zero-order valence-electron chi connectivity index (χ0n) is 13.2. The van der Waals surface area contributed by atoms with Gasteiger partial charge in [0, 0.05) is 20.9 Å². The highest BCUT2D eigenvalue weighted by molar-refractivity contribution is 5.88. The van der Waals surface area contributed by atoms with E-state index in [-0.39, 0.29) is 11.1 Å². The molecule has 4 nitrogen and oxygen atoms in total. The molecule has 2 aromatic rings. The van der Waals surface area contributed by atoms with Crippen molar-refractivity contribution in [3.05, 3.63) is 91.3 Å². The first kappa shape index (κ1) is 16.5. The van der Waals surface area contributed by atoms with Crippen LogP contribution in [0.5, 0.6) is 0 Å². The lowest BCUT2D eigenvalue weighted by atomic mass is 10.1. The lowest BCUT2D eigenvalue weighted by molar-refractivity contribution is 0.0686. The van der Waals surface area contributed by atoms with E-state index in [1.807, 2.05) is 0 Å². The maximum absolute atomic E-state index is 11.1. The summed E-state index contributed by atoms with van der Waals surface area (Å²) >= 11 is 0. The zero-order valence-corrected chi connectivity index (χ0v) is 13.2. The Kier molecular flexibility index (Phi) is 4.45. The number of hydrogen-bond donors (Lipinski definition) is 2. The fourth-order valence-corrected chi connectivity index (χ4v) is 2.17. The summed E-state index contributed by atoms with van der Waals surface area (Å²) in [5.41, 5.74) is 22.2. The van der Waals surface area contributed by atoms with Gasteiger partial charge in [-0.05, 0) is 59.3 Å². The summed E-state index contributed by atoms with van der Waals surface area (Å²) in [7, 11) is 0. The minimum atomic E-state index is -1.06. The van der Waals surface area contributed by atoms with Crippen molar-refractivity contribution in [2.75, 3.05) is 0 Å². The molecular formula is C22H8O4. The maximum atomic E-state index is 11.1. The molecule has 0 spiro atoms. The summed E-state index contributed by atoms with van der Waals surface area (Å²) in [4.78, 5) is 22.2. The molecule has 1 aliphatic carbocycles. The molecule has 3 rings (SSSR count). The third kappa shape index (κ3) is 3.58. The molecule has 0 aliphatic heterocycles. The predicted octanol–water partition coefficient (Wildman–Crippen LogP) is 0.0472. The highest BCUT2D eigenvalue weighted by atomic mass is 16.4. The quantitative estimate of drug-likeness (QED) is 0.649. The van der Waals surface area contributed by atoms with E-state index in [9.17, 15) is 9.59 Å². The van der Waals surface area contributed by atoms with Crippen molar-refractivity contribution >= 4 is 34.9 Å². The van der Waals surface area contributed by atoms with Crippen molar-refractivity contribution in [3.63, 3.8) is 0 Å². The average molecular weight is 336 g/mol. The minimum Gasteiger partial charge on any atom is -0.478 e. The summed E-state index contributed by atoms with van der Waals surface area (Å²) in [6, 6.07) is 8.91. The van der Waals surface area contributed by atoms with Crippen LogP contribution in [0.3, 0.4) is 0 Å². The second kappa shape index (κ2) is 7.02. The van der Waals surface area contributed by atoms with Gasteiger partial charge >= 0.3 is 11.9 Å². The molecule has 0 bridgehead atoms. The van der Waals surface area contributed by atoms with Crippen LogP contribution in [0.25, 0.3) is 22.9 Å². The summed E-state index contributed by atoms with van der Waals surface area (Å²) in [5, 5.41) is 20.2. The number of rotatable bonds is 2. The van der Waals surface area contributed by atoms with Crippen LogP contribution in [-0.4, -0.2) is 22.2 Å². The highest BCUT2D eigenvalue weighted by Gasteiger charge is 2.01. The van der Waals surface area contributed by atoms with Crippen LogP contribution in [0.15, 0.2) is 59.3 Å². The Balaban J connectivity index is 2.59. The van der Waals surface area contributed by atoms with Gasteiger partial charge in [-0.1, -0.05) is 22.9 Å². The van der Waals surface area contributed by atoms with E-state index in [1.165, 1.54) is 24.3 Å². The third-order valence-electron chi connectivity index (χ3n) is 3.45. The van der Waals surface area contributed by atoms with E-state index < -0.39 is 11.9 Å². The third-order valence-corrected chi connectivity index (χ3v) is 3.45. The largest absolute Gasteiger partial charge is 0.478 e. The first-order valence-corrected chi connectivity index (χ1v) is 7.33. The van der Waals surface area contributed by atoms with Crippen LogP contribution in [0, 0.1) is 0 Å². The molecule has 2 N–H and O–H groups in total. The van der Waals surface area contributed by atoms with E-state index in [1.54, 1.807) is 12.1 Å². The summed E-state index contributed by atoms with van der Waals surface area (Å²) in [6.07, 6.45) is 0. The van der Waals surface area contributed by atoms with Gasteiger partial charge in [0.25, 0.3) is 0 Å². The molecule has 0 heterocycles. The Morgan fingerprint density at radius 3 is 1.27 bits per heavy atom. The Labute approximate surface area is 146 Å². The standard InChI is InChI=1S/C22H8O4/c23-21(24)19-11-9-15-5-1-2-6-16-10-12-20(22(25)26)14-18(16)8-4-3-7-17(15)13-19/h9-14H,(H,23,24)(H,25,26). The fraction of sp³-hybridized carbons (Fsp3) is 0. The van der Waals surface area contributed by atoms with Crippen LogP contribution in [0.4, 0.5) is 0 Å². The van der Waals surface area contributed by atoms with Gasteiger partial charge < -0.3 is 10.2 Å². The SMILES string of the molecule is O=C(O)c1ccc2c(c1)=C=C=C=C=c1cc(C(=O)O)ccc1=C=C=C=C=2. The summed E-state index contributed by atoms with van der Waals surface area (Å²) < 4.78 is 0. The summed E-state index contributed by atoms with van der Waals surface area (Å²) in [6.45, 7) is 0. The Hall–Kier alpha value is -4.38. The van der Waals surface area contributed by atoms with Crippen LogP contribution < -0.4 is 20.9 Å². The van der Waals surface area contributed by atoms with Gasteiger partial charge in [0.1, 0.15) is 0 Å². The number of aromatic carboxylic acids is 2. The molecule has 1 aliphatic rings. The Bertz CT molecular complexity index is 1350. The maximum Gasteiger partial charge on any atom is 0.335 e. The van der Waals surface area contributed by atoms with Gasteiger partial charge in [-0.2, -0.15) is 0 Å². The first-order valence-electron chi connectivity index (χ1n) is 7.33. The minimum absolute atomic E-state index is 0.0995. The molecule has 0 saturated heterocycles. The van der Waals surface area contributed by atoms with Crippen molar-refractivity contribution in [2.24, 2.45) is 0 Å². The van der Waals surface area contributed by atoms with Gasteiger partial charge in [0.15, 0.2) is 0 Å². The number of hydrogen-bond acceptors (Lipinski definition) is 2. The molecular weight excluding hydrogens is 328 g/mol. The molecule has 26 heavy (non-hydrogen) atoms. The molecule has 4 heteroatoms. The van der Waals surface area contributed by atoms with Gasteiger partial charge in [-0.25, -0.2) is 9.59 Å². The average Bonchev–Trinajstić information content (AvgIpc) is 2.62. The van der Waals surface area contributed by atoms with Gasteiger partial charge in [-0.15, -0.1) is 0 Å². The van der Waals surface area contributed by atoms with Crippen molar-refractivity contribution in [3.8, 4) is 0 Å². The van der Waals surface area contributed by atoms with Crippen molar-refractivity contribution in [2.45, 2.75) is 0 Å². The van der Waals surface area contributed by atoms with Crippen molar-refractivity contribution in [1.29, 1.82) is 0 Å². The smallest absolute Gasteiger partial charge is 0.335 e. The number of fused-ring (bicyclic) bond motifs is 2. The van der Waals surface area contributed by atoms with E-state index in [4.69, 9.17) is 10.2 Å². The number of carboxylic acid groups (broad SMARTS) is 2. The van der Waals surface area contributed by atoms with E-state index in [0.717, 1.165) is 0 Å². The monoisotopic (exact) mass is 336 g/mol. The zero-order chi connectivity index (χ0) is 18.5. The number of carbonyl (C=O) groups is 2. The Morgan fingerprint density at radius 1 is 0.577 bits per heavy atom. The molecule has 0 saturated carbocycles. The van der Waals surface area contributed by atoms with E-state index >= 15 is 0 Å². The first-order chi connectivity index (χ1) is 12.5. The molecule has 0 fully saturated rings. The number of benzene rings is 2. The van der Waals surface area contributed by atoms with Crippen LogP contribution in [-0.2, 0) is 0 Å². The predicted molar refractivity (Wildman–Crippen MR) is 93.0 cm³/mol. The molecule has 0 amide bonds. The molecule has 2 aromatic carbocycles. The van der Waals surface area contributed by atoms with Crippen LogP contribution in [0.2, 0.25) is 0 Å². The second-order valence-electron chi connectivity index (χ2n) is 5.13. The second-order valence-corrected chi connectivity index (χ2v) is 5.13.